The number of aromatic nitrogens is 3. The summed E-state index contributed by atoms with van der Waals surface area (Å²) in [6, 6.07) is 0.734. The molecule has 2 rings (SSSR count). The van der Waals surface area contributed by atoms with Crippen molar-refractivity contribution in [3.63, 3.8) is 0 Å². The first-order valence-electron chi connectivity index (χ1n) is 6.28. The fraction of sp³-hybridized carbons (Fsp3) is 0.750. The number of ether oxygens (including phenoxy) is 1. The predicted octanol–water partition coefficient (Wildman–Crippen LogP) is 2.55. The molecule has 1 aliphatic carbocycles. The molecule has 0 aromatic carbocycles. The van der Waals surface area contributed by atoms with Crippen LogP contribution in [-0.4, -0.2) is 35.2 Å². The molecule has 1 heterocycles. The van der Waals surface area contributed by atoms with Crippen molar-refractivity contribution in [1.29, 1.82) is 0 Å². The Morgan fingerprint density at radius 1 is 1.28 bits per heavy atom. The summed E-state index contributed by atoms with van der Waals surface area (Å²) < 4.78 is 5.02. The average Bonchev–Trinajstić information content (AvgIpc) is 2.37. The molecule has 5 nitrogen and oxygen atoms in total. The van der Waals surface area contributed by atoms with Crippen LogP contribution < -0.4 is 9.64 Å². The van der Waals surface area contributed by atoms with Gasteiger partial charge in [-0.1, -0.05) is 19.8 Å². The summed E-state index contributed by atoms with van der Waals surface area (Å²) in [7, 11) is 3.53. The number of methoxy groups -OCH3 is 1. The Labute approximate surface area is 113 Å². The van der Waals surface area contributed by atoms with E-state index < -0.39 is 0 Å². The maximum Gasteiger partial charge on any atom is 0.322 e. The van der Waals surface area contributed by atoms with Gasteiger partial charge >= 0.3 is 6.01 Å². The first kappa shape index (κ1) is 13.3. The molecule has 0 amide bonds. The Balaban J connectivity index is 2.16. The van der Waals surface area contributed by atoms with Gasteiger partial charge in [-0.15, -0.1) is 0 Å². The molecule has 1 fully saturated rings. The van der Waals surface area contributed by atoms with Crippen molar-refractivity contribution in [2.24, 2.45) is 5.92 Å². The van der Waals surface area contributed by atoms with Crippen LogP contribution in [0.25, 0.3) is 0 Å². The normalized spacial score (nSPS) is 23.8. The lowest BCUT2D eigenvalue weighted by atomic mass is 9.86. The summed E-state index contributed by atoms with van der Waals surface area (Å²) in [5.41, 5.74) is 0. The summed E-state index contributed by atoms with van der Waals surface area (Å²) in [4.78, 5) is 14.4. The molecule has 2 unspecified atom stereocenters. The number of hydrogen-bond donors (Lipinski definition) is 0. The maximum atomic E-state index is 5.87. The van der Waals surface area contributed by atoms with Gasteiger partial charge < -0.3 is 9.64 Å². The molecule has 0 aliphatic heterocycles. The fourth-order valence-corrected chi connectivity index (χ4v) is 2.64. The Morgan fingerprint density at radius 2 is 2.06 bits per heavy atom. The van der Waals surface area contributed by atoms with Crippen molar-refractivity contribution >= 4 is 17.5 Å². The third-order valence-corrected chi connectivity index (χ3v) is 3.70. The highest BCUT2D eigenvalue weighted by molar-refractivity contribution is 6.28. The molecule has 0 saturated heterocycles. The van der Waals surface area contributed by atoms with Gasteiger partial charge in [0.05, 0.1) is 7.11 Å². The number of halogens is 1. The molecule has 1 aliphatic rings. The summed E-state index contributed by atoms with van der Waals surface area (Å²) in [6.45, 7) is 2.29. The SMILES string of the molecule is COc1nc(Cl)nc(N(C)C2CCCC(C)C2)n1. The van der Waals surface area contributed by atoms with E-state index in [4.69, 9.17) is 16.3 Å². The van der Waals surface area contributed by atoms with Gasteiger partial charge in [0.15, 0.2) is 0 Å². The highest BCUT2D eigenvalue weighted by atomic mass is 35.5. The first-order chi connectivity index (χ1) is 8.60. The molecule has 1 aromatic heterocycles. The molecule has 6 heteroatoms. The number of rotatable bonds is 3. The average molecular weight is 271 g/mol. The van der Waals surface area contributed by atoms with Crippen molar-refractivity contribution in [2.75, 3.05) is 19.1 Å². The van der Waals surface area contributed by atoms with E-state index in [0.717, 1.165) is 5.92 Å². The minimum absolute atomic E-state index is 0.174. The molecule has 18 heavy (non-hydrogen) atoms. The third-order valence-electron chi connectivity index (χ3n) is 3.53. The van der Waals surface area contributed by atoms with E-state index in [0.29, 0.717) is 12.0 Å². The van der Waals surface area contributed by atoms with Crippen molar-refractivity contribution in [3.8, 4) is 6.01 Å². The van der Waals surface area contributed by atoms with Gasteiger partial charge in [-0.25, -0.2) is 0 Å². The maximum absolute atomic E-state index is 5.87. The largest absolute Gasteiger partial charge is 0.467 e. The Hall–Kier alpha value is -1.10. The number of anilines is 1. The van der Waals surface area contributed by atoms with Crippen LogP contribution in [0.1, 0.15) is 32.6 Å². The van der Waals surface area contributed by atoms with Crippen LogP contribution in [0.3, 0.4) is 0 Å². The fourth-order valence-electron chi connectivity index (χ4n) is 2.49. The van der Waals surface area contributed by atoms with Crippen molar-refractivity contribution in [2.45, 2.75) is 38.6 Å². The second-order valence-corrected chi connectivity index (χ2v) is 5.27. The number of hydrogen-bond acceptors (Lipinski definition) is 5. The van der Waals surface area contributed by atoms with E-state index >= 15 is 0 Å². The highest BCUT2D eigenvalue weighted by Crippen LogP contribution is 2.28. The van der Waals surface area contributed by atoms with Crippen LogP contribution in [-0.2, 0) is 0 Å². The van der Waals surface area contributed by atoms with Gasteiger partial charge in [0, 0.05) is 13.1 Å². The molecular weight excluding hydrogens is 252 g/mol. The quantitative estimate of drug-likeness (QED) is 0.845. The van der Waals surface area contributed by atoms with Crippen LogP contribution in [0.2, 0.25) is 5.28 Å². The van der Waals surface area contributed by atoms with E-state index in [9.17, 15) is 0 Å². The molecule has 0 N–H and O–H groups in total. The summed E-state index contributed by atoms with van der Waals surface area (Å²) in [5.74, 6) is 1.34. The molecule has 1 saturated carbocycles. The molecular formula is C12H19ClN4O. The molecule has 0 radical (unpaired) electrons. The summed E-state index contributed by atoms with van der Waals surface area (Å²) in [5, 5.41) is 0.174. The van der Waals surface area contributed by atoms with Crippen LogP contribution >= 0.6 is 11.6 Å². The molecule has 2 atom stereocenters. The third kappa shape index (κ3) is 3.02. The molecule has 1 aromatic rings. The van der Waals surface area contributed by atoms with Gasteiger partial charge in [0.25, 0.3) is 0 Å². The topological polar surface area (TPSA) is 51.1 Å². The Kier molecular flexibility index (Phi) is 4.22. The predicted molar refractivity (Wildman–Crippen MR) is 71.2 cm³/mol. The van der Waals surface area contributed by atoms with Gasteiger partial charge in [0.1, 0.15) is 0 Å². The van der Waals surface area contributed by atoms with E-state index in [1.807, 2.05) is 7.05 Å². The van der Waals surface area contributed by atoms with Gasteiger partial charge in [0.2, 0.25) is 11.2 Å². The molecule has 0 bridgehead atoms. The van der Waals surface area contributed by atoms with Crippen molar-refractivity contribution in [3.05, 3.63) is 5.28 Å². The first-order valence-corrected chi connectivity index (χ1v) is 6.66. The zero-order valence-corrected chi connectivity index (χ0v) is 11.8. The molecule has 0 spiro atoms. The van der Waals surface area contributed by atoms with E-state index in [1.54, 1.807) is 0 Å². The monoisotopic (exact) mass is 270 g/mol. The van der Waals surface area contributed by atoms with Crippen LogP contribution in [0, 0.1) is 5.92 Å². The lowest BCUT2D eigenvalue weighted by molar-refractivity contribution is 0.332. The highest BCUT2D eigenvalue weighted by Gasteiger charge is 2.24. The lowest BCUT2D eigenvalue weighted by Gasteiger charge is -2.34. The van der Waals surface area contributed by atoms with Crippen LogP contribution in [0.15, 0.2) is 0 Å². The second-order valence-electron chi connectivity index (χ2n) is 4.93. The second kappa shape index (κ2) is 5.69. The molecule has 100 valence electrons. The Morgan fingerprint density at radius 3 is 2.72 bits per heavy atom. The zero-order valence-electron chi connectivity index (χ0n) is 11.1. The smallest absolute Gasteiger partial charge is 0.322 e. The summed E-state index contributed by atoms with van der Waals surface area (Å²) >= 11 is 5.87. The van der Waals surface area contributed by atoms with Gasteiger partial charge in [-0.2, -0.15) is 15.0 Å². The summed E-state index contributed by atoms with van der Waals surface area (Å²) in [6.07, 6.45) is 4.91. The minimum Gasteiger partial charge on any atom is -0.467 e. The lowest BCUT2D eigenvalue weighted by Crippen LogP contribution is -2.36. The van der Waals surface area contributed by atoms with E-state index in [2.05, 4.69) is 26.8 Å². The Bertz CT molecular complexity index is 415. The number of nitrogens with zero attached hydrogens (tertiary/aromatic N) is 4. The van der Waals surface area contributed by atoms with Crippen LogP contribution in [0.4, 0.5) is 5.95 Å². The zero-order chi connectivity index (χ0) is 13.1. The van der Waals surface area contributed by atoms with Crippen molar-refractivity contribution in [1.82, 2.24) is 15.0 Å². The standard InChI is InChI=1S/C12H19ClN4O/c1-8-5-4-6-9(7-8)17(2)11-14-10(13)15-12(16-11)18-3/h8-9H,4-7H2,1-3H3. The minimum atomic E-state index is 0.174. The van der Waals surface area contributed by atoms with Crippen molar-refractivity contribution < 1.29 is 4.74 Å². The van der Waals surface area contributed by atoms with Gasteiger partial charge in [-0.05, 0) is 30.4 Å². The van der Waals surface area contributed by atoms with Crippen LogP contribution in [0.5, 0.6) is 6.01 Å². The van der Waals surface area contributed by atoms with Gasteiger partial charge in [-0.3, -0.25) is 0 Å². The van der Waals surface area contributed by atoms with E-state index in [-0.39, 0.29) is 11.3 Å². The van der Waals surface area contributed by atoms with E-state index in [1.165, 1.54) is 32.8 Å².